The molecule has 0 aliphatic heterocycles. The van der Waals surface area contributed by atoms with Crippen molar-refractivity contribution in [2.75, 3.05) is 19.5 Å². The zero-order chi connectivity index (χ0) is 23.1. The summed E-state index contributed by atoms with van der Waals surface area (Å²) in [5, 5.41) is 10.0. The van der Waals surface area contributed by atoms with Gasteiger partial charge in [0.1, 0.15) is 10.6 Å². The summed E-state index contributed by atoms with van der Waals surface area (Å²) >= 11 is 2.91. The molecule has 0 bridgehead atoms. The van der Waals surface area contributed by atoms with E-state index in [-0.39, 0.29) is 17.3 Å². The first-order chi connectivity index (χ1) is 16.0. The van der Waals surface area contributed by atoms with Gasteiger partial charge in [-0.05, 0) is 61.9 Å². The zero-order valence-electron chi connectivity index (χ0n) is 18.7. The molecule has 0 saturated heterocycles. The van der Waals surface area contributed by atoms with Gasteiger partial charge in [-0.15, -0.1) is 21.5 Å². The van der Waals surface area contributed by atoms with Gasteiger partial charge in [-0.25, -0.2) is 8.97 Å². The molecule has 1 unspecified atom stereocenters. The average Bonchev–Trinajstić information content (AvgIpc) is 3.39. The summed E-state index contributed by atoms with van der Waals surface area (Å²) in [7, 11) is 1.61. The van der Waals surface area contributed by atoms with Gasteiger partial charge in [0, 0.05) is 4.88 Å². The van der Waals surface area contributed by atoms with Gasteiger partial charge in [0.2, 0.25) is 5.78 Å². The number of esters is 1. The van der Waals surface area contributed by atoms with Crippen LogP contribution in [0.15, 0.2) is 34.2 Å². The molecule has 0 radical (unpaired) electrons. The molecule has 4 aromatic rings. The summed E-state index contributed by atoms with van der Waals surface area (Å²) in [4.78, 5) is 27.9. The quantitative estimate of drug-likeness (QED) is 0.303. The molecule has 1 aromatic carbocycles. The van der Waals surface area contributed by atoms with Crippen molar-refractivity contribution in [1.82, 2.24) is 19.2 Å². The van der Waals surface area contributed by atoms with Crippen LogP contribution in [0.1, 0.15) is 30.7 Å². The third kappa shape index (κ3) is 3.80. The van der Waals surface area contributed by atoms with Gasteiger partial charge in [0.25, 0.3) is 5.56 Å². The fourth-order valence-corrected chi connectivity index (χ4v) is 6.57. The number of fused-ring (bicyclic) bond motifs is 5. The fraction of sp³-hybridized carbons (Fsp3) is 0.391. The van der Waals surface area contributed by atoms with Crippen LogP contribution in [-0.2, 0) is 22.4 Å². The summed E-state index contributed by atoms with van der Waals surface area (Å²) in [5.41, 5.74) is 1.73. The molecule has 1 atom stereocenters. The molecule has 8 nitrogen and oxygen atoms in total. The summed E-state index contributed by atoms with van der Waals surface area (Å²) in [6.07, 6.45) is 2.91. The molecule has 1 aliphatic rings. The number of thioether (sulfide) groups is 1. The van der Waals surface area contributed by atoms with Crippen LogP contribution in [0.3, 0.4) is 0 Å². The SMILES string of the molecule is CCOC(=O)CSc1nnc2n(-c3ccc(OC)cc3)c(=O)c3c4c(sc3n12)CC(C)CC4. The van der Waals surface area contributed by atoms with Gasteiger partial charge in [-0.3, -0.25) is 9.59 Å². The van der Waals surface area contributed by atoms with Gasteiger partial charge < -0.3 is 9.47 Å². The molecule has 172 valence electrons. The van der Waals surface area contributed by atoms with Gasteiger partial charge in [-0.1, -0.05) is 18.7 Å². The first kappa shape index (κ1) is 22.0. The van der Waals surface area contributed by atoms with E-state index in [4.69, 9.17) is 9.47 Å². The van der Waals surface area contributed by atoms with Crippen LogP contribution in [-0.4, -0.2) is 44.6 Å². The van der Waals surface area contributed by atoms with Crippen molar-refractivity contribution in [3.8, 4) is 11.4 Å². The van der Waals surface area contributed by atoms with E-state index in [2.05, 4.69) is 17.1 Å². The number of benzene rings is 1. The highest BCUT2D eigenvalue weighted by atomic mass is 32.2. The number of rotatable bonds is 6. The lowest BCUT2D eigenvalue weighted by molar-refractivity contribution is -0.139. The topological polar surface area (TPSA) is 87.7 Å². The van der Waals surface area contributed by atoms with Crippen molar-refractivity contribution in [2.45, 2.75) is 38.3 Å². The molecular formula is C23H24N4O4S2. The van der Waals surface area contributed by atoms with E-state index in [1.165, 1.54) is 16.6 Å². The minimum absolute atomic E-state index is 0.0935. The van der Waals surface area contributed by atoms with Gasteiger partial charge in [0.05, 0.1) is 30.5 Å². The Labute approximate surface area is 198 Å². The molecule has 5 rings (SSSR count). The number of ether oxygens (including phenoxy) is 2. The molecule has 33 heavy (non-hydrogen) atoms. The second-order valence-corrected chi connectivity index (χ2v) is 10.1. The third-order valence-electron chi connectivity index (χ3n) is 5.88. The lowest BCUT2D eigenvalue weighted by Gasteiger charge is -2.17. The van der Waals surface area contributed by atoms with Crippen molar-refractivity contribution in [2.24, 2.45) is 5.92 Å². The predicted octanol–water partition coefficient (Wildman–Crippen LogP) is 3.88. The molecule has 0 amide bonds. The molecular weight excluding hydrogens is 460 g/mol. The van der Waals surface area contributed by atoms with Crippen molar-refractivity contribution < 1.29 is 14.3 Å². The van der Waals surface area contributed by atoms with E-state index in [0.717, 1.165) is 35.0 Å². The lowest BCUT2D eigenvalue weighted by Crippen LogP contribution is -2.22. The van der Waals surface area contributed by atoms with E-state index in [0.29, 0.717) is 34.9 Å². The largest absolute Gasteiger partial charge is 0.497 e. The Hall–Kier alpha value is -2.85. The normalized spacial score (nSPS) is 15.7. The monoisotopic (exact) mass is 484 g/mol. The van der Waals surface area contributed by atoms with E-state index in [9.17, 15) is 9.59 Å². The minimum atomic E-state index is -0.307. The Balaban J connectivity index is 1.76. The Kier molecular flexibility index (Phi) is 5.88. The maximum atomic E-state index is 13.8. The Bertz CT molecular complexity index is 1400. The number of aromatic nitrogens is 4. The van der Waals surface area contributed by atoms with Gasteiger partial charge in [0.15, 0.2) is 5.16 Å². The highest BCUT2D eigenvalue weighted by Gasteiger charge is 2.27. The minimum Gasteiger partial charge on any atom is -0.497 e. The first-order valence-corrected chi connectivity index (χ1v) is 12.7. The summed E-state index contributed by atoms with van der Waals surface area (Å²) in [5.74, 6) is 1.54. The van der Waals surface area contributed by atoms with Crippen LogP contribution >= 0.6 is 23.1 Å². The molecule has 0 N–H and O–H groups in total. The zero-order valence-corrected chi connectivity index (χ0v) is 20.3. The van der Waals surface area contributed by atoms with Crippen molar-refractivity contribution >= 4 is 45.1 Å². The Morgan fingerprint density at radius 3 is 2.79 bits per heavy atom. The van der Waals surface area contributed by atoms with Crippen LogP contribution in [0.4, 0.5) is 0 Å². The van der Waals surface area contributed by atoms with Crippen molar-refractivity contribution in [3.05, 3.63) is 45.1 Å². The van der Waals surface area contributed by atoms with Gasteiger partial charge >= 0.3 is 5.97 Å². The van der Waals surface area contributed by atoms with Crippen molar-refractivity contribution in [1.29, 1.82) is 0 Å². The summed E-state index contributed by atoms with van der Waals surface area (Å²) in [6, 6.07) is 7.32. The number of thiophene rings is 1. The number of nitrogens with zero attached hydrogens (tertiary/aromatic N) is 4. The second-order valence-electron chi connectivity index (χ2n) is 8.08. The molecule has 0 spiro atoms. The highest BCUT2D eigenvalue weighted by Crippen LogP contribution is 2.38. The Morgan fingerprint density at radius 1 is 1.27 bits per heavy atom. The molecule has 3 aromatic heterocycles. The van der Waals surface area contributed by atoms with E-state index in [1.807, 2.05) is 28.7 Å². The molecule has 10 heteroatoms. The number of carbonyl (C=O) groups is 1. The molecule has 0 saturated carbocycles. The fourth-order valence-electron chi connectivity index (χ4n) is 4.29. The maximum Gasteiger partial charge on any atom is 0.316 e. The first-order valence-electron chi connectivity index (χ1n) is 10.9. The second kappa shape index (κ2) is 8.83. The van der Waals surface area contributed by atoms with Gasteiger partial charge in [-0.2, -0.15) is 0 Å². The number of methoxy groups -OCH3 is 1. The molecule has 1 aliphatic carbocycles. The smallest absolute Gasteiger partial charge is 0.316 e. The maximum absolute atomic E-state index is 13.8. The number of hydrogen-bond acceptors (Lipinski definition) is 8. The Morgan fingerprint density at radius 2 is 2.06 bits per heavy atom. The molecule has 0 fully saturated rings. The van der Waals surface area contributed by atoms with E-state index >= 15 is 0 Å². The van der Waals surface area contributed by atoms with Crippen LogP contribution < -0.4 is 10.3 Å². The molecule has 3 heterocycles. The lowest BCUT2D eigenvalue weighted by atomic mass is 9.89. The average molecular weight is 485 g/mol. The highest BCUT2D eigenvalue weighted by molar-refractivity contribution is 7.99. The standard InChI is InChI=1S/C23H24N4O4S2/c1-4-31-18(28)12-32-23-25-24-22-26(14-6-8-15(30-3)9-7-14)20(29)19-16-10-5-13(2)11-17(16)33-21(19)27(22)23/h6-9,13H,4-5,10-12H2,1-3H3. The van der Waals surface area contributed by atoms with Crippen LogP contribution in [0.2, 0.25) is 0 Å². The number of hydrogen-bond donors (Lipinski definition) is 0. The third-order valence-corrected chi connectivity index (χ3v) is 8.03. The predicted molar refractivity (Wildman–Crippen MR) is 129 cm³/mol. The number of carbonyl (C=O) groups excluding carboxylic acids is 1. The summed E-state index contributed by atoms with van der Waals surface area (Å²) < 4.78 is 13.9. The van der Waals surface area contributed by atoms with E-state index < -0.39 is 0 Å². The summed E-state index contributed by atoms with van der Waals surface area (Å²) in [6.45, 7) is 4.36. The van der Waals surface area contributed by atoms with Crippen LogP contribution in [0.25, 0.3) is 21.7 Å². The van der Waals surface area contributed by atoms with E-state index in [1.54, 1.807) is 29.9 Å². The number of aryl methyl sites for hydroxylation is 1. The van der Waals surface area contributed by atoms with Crippen molar-refractivity contribution in [3.63, 3.8) is 0 Å². The van der Waals surface area contributed by atoms with Crippen LogP contribution in [0, 0.1) is 5.92 Å². The van der Waals surface area contributed by atoms with Crippen LogP contribution in [0.5, 0.6) is 5.75 Å².